The highest BCUT2D eigenvalue weighted by Crippen LogP contribution is 2.24. The van der Waals surface area contributed by atoms with Crippen LogP contribution < -0.4 is 0 Å². The second kappa shape index (κ2) is 4.53. The van der Waals surface area contributed by atoms with Crippen molar-refractivity contribution in [2.24, 2.45) is 0 Å². The Kier molecular flexibility index (Phi) is 3.67. The molecule has 98 valence electrons. The first-order valence-electron chi connectivity index (χ1n) is 4.39. The molecule has 0 aromatic carbocycles. The fourth-order valence-corrected chi connectivity index (χ4v) is 1.32. The molecule has 0 aliphatic carbocycles. The summed E-state index contributed by atoms with van der Waals surface area (Å²) in [6.07, 6.45) is -1.34. The fraction of sp³-hybridized carbons (Fsp3) is 0.714. The summed E-state index contributed by atoms with van der Waals surface area (Å²) in [5.74, 6) is -3.54. The molecule has 1 rings (SSSR count). The molecule has 1 fully saturated rings. The highest BCUT2D eigenvalue weighted by Gasteiger charge is 2.55. The van der Waals surface area contributed by atoms with E-state index in [9.17, 15) is 26.8 Å². The molecule has 1 N–H and O–H groups in total. The lowest BCUT2D eigenvalue weighted by molar-refractivity contribution is -0.182. The van der Waals surface area contributed by atoms with E-state index in [2.05, 4.69) is 9.47 Å². The van der Waals surface area contributed by atoms with E-state index in [0.29, 0.717) is 6.42 Å². The van der Waals surface area contributed by atoms with E-state index in [1.165, 1.54) is 0 Å². The van der Waals surface area contributed by atoms with Crippen LogP contribution in [0.4, 0.5) is 8.78 Å². The summed E-state index contributed by atoms with van der Waals surface area (Å²) >= 11 is 0. The van der Waals surface area contributed by atoms with Crippen LogP contribution in [0.15, 0.2) is 0 Å². The molecule has 0 amide bonds. The van der Waals surface area contributed by atoms with Crippen molar-refractivity contribution in [2.75, 3.05) is 6.61 Å². The number of carbonyl (C=O) groups is 2. The van der Waals surface area contributed by atoms with E-state index in [0.717, 1.165) is 0 Å². The molecular formula is C7H8F2O7S. The molecule has 1 atom stereocenters. The summed E-state index contributed by atoms with van der Waals surface area (Å²) in [4.78, 5) is 21.8. The summed E-state index contributed by atoms with van der Waals surface area (Å²) in [5.41, 5.74) is 0. The third-order valence-corrected chi connectivity index (χ3v) is 2.74. The topological polar surface area (TPSA) is 107 Å². The molecule has 7 nitrogen and oxygen atoms in total. The van der Waals surface area contributed by atoms with Gasteiger partial charge in [0.25, 0.3) is 0 Å². The fourth-order valence-electron chi connectivity index (χ4n) is 1.06. The van der Waals surface area contributed by atoms with Crippen molar-refractivity contribution in [3.8, 4) is 0 Å². The second-order valence-corrected chi connectivity index (χ2v) is 4.66. The Bertz CT molecular complexity index is 430. The van der Waals surface area contributed by atoms with E-state index < -0.39 is 33.4 Å². The monoisotopic (exact) mass is 274 g/mol. The Labute approximate surface area is 94.4 Å². The molecular weight excluding hydrogens is 266 g/mol. The lowest BCUT2D eigenvalue weighted by atomic mass is 10.1. The van der Waals surface area contributed by atoms with Crippen LogP contribution in [0.1, 0.15) is 12.8 Å². The summed E-state index contributed by atoms with van der Waals surface area (Å²) in [7, 11) is -5.93. The molecule has 0 aromatic rings. The maximum atomic E-state index is 12.7. The van der Waals surface area contributed by atoms with Crippen LogP contribution in [0, 0.1) is 0 Å². The van der Waals surface area contributed by atoms with Crippen LogP contribution in [0.3, 0.4) is 0 Å². The zero-order valence-corrected chi connectivity index (χ0v) is 9.08. The van der Waals surface area contributed by atoms with E-state index >= 15 is 0 Å². The SMILES string of the molecule is O=C1OCCCC1OC(=O)C(F)(F)S(=O)(=O)O. The number of halogens is 2. The molecule has 1 heterocycles. The van der Waals surface area contributed by atoms with Gasteiger partial charge in [-0.05, 0) is 12.8 Å². The molecule has 0 bridgehead atoms. The minimum atomic E-state index is -5.93. The molecule has 0 radical (unpaired) electrons. The van der Waals surface area contributed by atoms with Crippen molar-refractivity contribution in [1.29, 1.82) is 0 Å². The van der Waals surface area contributed by atoms with Crippen LogP contribution in [0.25, 0.3) is 0 Å². The molecule has 10 heteroatoms. The Morgan fingerprint density at radius 3 is 2.59 bits per heavy atom. The smallest absolute Gasteiger partial charge is 0.463 e. The van der Waals surface area contributed by atoms with E-state index in [-0.39, 0.29) is 13.0 Å². The highest BCUT2D eigenvalue weighted by molar-refractivity contribution is 7.87. The number of alkyl halides is 2. The van der Waals surface area contributed by atoms with Crippen LogP contribution in [0.2, 0.25) is 0 Å². The van der Waals surface area contributed by atoms with Gasteiger partial charge in [0.15, 0.2) is 6.10 Å². The van der Waals surface area contributed by atoms with E-state index in [1.54, 1.807) is 0 Å². The summed E-state index contributed by atoms with van der Waals surface area (Å²) in [6, 6.07) is 0. The first-order chi connectivity index (χ1) is 7.66. The normalized spacial score (nSPS) is 21.8. The maximum absolute atomic E-state index is 12.7. The molecule has 1 unspecified atom stereocenters. The molecule has 1 saturated heterocycles. The third kappa shape index (κ3) is 2.88. The van der Waals surface area contributed by atoms with Gasteiger partial charge in [-0.25, -0.2) is 9.59 Å². The lowest BCUT2D eigenvalue weighted by Crippen LogP contribution is -2.43. The quantitative estimate of drug-likeness (QED) is 0.556. The van der Waals surface area contributed by atoms with Gasteiger partial charge in [0, 0.05) is 0 Å². The van der Waals surface area contributed by atoms with Crippen LogP contribution in [-0.4, -0.2) is 42.9 Å². The highest BCUT2D eigenvalue weighted by atomic mass is 32.2. The molecule has 0 aromatic heterocycles. The van der Waals surface area contributed by atoms with Crippen molar-refractivity contribution in [2.45, 2.75) is 24.2 Å². The van der Waals surface area contributed by atoms with Crippen molar-refractivity contribution in [3.63, 3.8) is 0 Å². The van der Waals surface area contributed by atoms with E-state index in [4.69, 9.17) is 4.55 Å². The second-order valence-electron chi connectivity index (χ2n) is 3.20. The lowest BCUT2D eigenvalue weighted by Gasteiger charge is -2.22. The number of rotatable bonds is 3. The van der Waals surface area contributed by atoms with Crippen molar-refractivity contribution in [3.05, 3.63) is 0 Å². The Hall–Kier alpha value is -1.29. The number of ether oxygens (including phenoxy) is 2. The first kappa shape index (κ1) is 13.8. The number of cyclic esters (lactones) is 1. The predicted molar refractivity (Wildman–Crippen MR) is 46.6 cm³/mol. The predicted octanol–water partition coefficient (Wildman–Crippen LogP) is -0.284. The number of esters is 2. The largest absolute Gasteiger partial charge is 0.465 e. The Balaban J connectivity index is 2.75. The van der Waals surface area contributed by atoms with Gasteiger partial charge < -0.3 is 9.47 Å². The van der Waals surface area contributed by atoms with Gasteiger partial charge in [-0.2, -0.15) is 17.2 Å². The minimum Gasteiger partial charge on any atom is -0.463 e. The zero-order valence-electron chi connectivity index (χ0n) is 8.26. The van der Waals surface area contributed by atoms with Gasteiger partial charge in [-0.15, -0.1) is 0 Å². The first-order valence-corrected chi connectivity index (χ1v) is 5.83. The van der Waals surface area contributed by atoms with Gasteiger partial charge >= 0.3 is 27.3 Å². The standard InChI is InChI=1S/C7H8F2O7S/c8-7(9,17(12,13)14)6(11)16-4-2-1-3-15-5(4)10/h4H,1-3H2,(H,12,13,14). The molecule has 1 aliphatic heterocycles. The molecule has 17 heavy (non-hydrogen) atoms. The summed E-state index contributed by atoms with van der Waals surface area (Å²) < 4.78 is 62.4. The maximum Gasteiger partial charge on any atom is 0.465 e. The molecule has 1 aliphatic rings. The minimum absolute atomic E-state index is 0.0495. The van der Waals surface area contributed by atoms with Crippen LogP contribution in [-0.2, 0) is 29.2 Å². The van der Waals surface area contributed by atoms with Crippen LogP contribution in [0.5, 0.6) is 0 Å². The number of hydrogen-bond acceptors (Lipinski definition) is 6. The Morgan fingerprint density at radius 2 is 2.12 bits per heavy atom. The van der Waals surface area contributed by atoms with Gasteiger partial charge in [0.1, 0.15) is 0 Å². The van der Waals surface area contributed by atoms with Crippen molar-refractivity contribution < 1.29 is 40.8 Å². The molecule has 0 saturated carbocycles. The summed E-state index contributed by atoms with van der Waals surface area (Å²) in [5, 5.41) is -5.11. The van der Waals surface area contributed by atoms with Crippen LogP contribution >= 0.6 is 0 Å². The van der Waals surface area contributed by atoms with Crippen molar-refractivity contribution in [1.82, 2.24) is 0 Å². The number of carbonyl (C=O) groups excluding carboxylic acids is 2. The van der Waals surface area contributed by atoms with Gasteiger partial charge in [0.05, 0.1) is 6.61 Å². The van der Waals surface area contributed by atoms with Gasteiger partial charge in [-0.1, -0.05) is 0 Å². The Morgan fingerprint density at radius 1 is 1.53 bits per heavy atom. The average Bonchev–Trinajstić information content (AvgIpc) is 2.19. The van der Waals surface area contributed by atoms with E-state index in [1.807, 2.05) is 0 Å². The third-order valence-electron chi connectivity index (χ3n) is 1.93. The average molecular weight is 274 g/mol. The van der Waals surface area contributed by atoms with Crippen molar-refractivity contribution >= 4 is 22.1 Å². The zero-order chi connectivity index (χ0) is 13.3. The number of hydrogen-bond donors (Lipinski definition) is 1. The molecule has 0 spiro atoms. The van der Waals surface area contributed by atoms with Gasteiger partial charge in [-0.3, -0.25) is 4.55 Å². The summed E-state index contributed by atoms with van der Waals surface area (Å²) in [6.45, 7) is 0.0710. The van der Waals surface area contributed by atoms with Gasteiger partial charge in [0.2, 0.25) is 0 Å².